The van der Waals surface area contributed by atoms with Crippen molar-refractivity contribution in [2.75, 3.05) is 12.3 Å². The molecule has 0 saturated carbocycles. The number of aromatic nitrogens is 2. The quantitative estimate of drug-likeness (QED) is 0.775. The van der Waals surface area contributed by atoms with Gasteiger partial charge in [-0.3, -0.25) is 0 Å². The first-order valence-electron chi connectivity index (χ1n) is 7.51. The molecule has 106 valence electrons. The molecule has 0 aromatic carbocycles. The molecular weight excluding hydrogens is 254 g/mol. The van der Waals surface area contributed by atoms with Gasteiger partial charge >= 0.3 is 0 Å². The lowest BCUT2D eigenvalue weighted by Gasteiger charge is -2.25. The average Bonchev–Trinajstić information content (AvgIpc) is 2.45. The monoisotopic (exact) mass is 279 g/mol. The number of nitrogens with zero attached hydrogens (tertiary/aromatic N) is 2. The average molecular weight is 279 g/mol. The fraction of sp³-hybridized carbons (Fsp3) is 0.733. The van der Waals surface area contributed by atoms with Crippen LogP contribution in [0.2, 0.25) is 0 Å². The van der Waals surface area contributed by atoms with Crippen molar-refractivity contribution >= 4 is 11.8 Å². The molecule has 0 saturated heterocycles. The number of nitrogens with one attached hydrogen (secondary N) is 1. The molecule has 1 aliphatic rings. The van der Waals surface area contributed by atoms with Crippen molar-refractivity contribution in [1.29, 1.82) is 0 Å². The van der Waals surface area contributed by atoms with E-state index in [1.165, 1.54) is 42.7 Å². The first-order chi connectivity index (χ1) is 9.35. The van der Waals surface area contributed by atoms with Crippen LogP contribution < -0.4 is 5.32 Å². The van der Waals surface area contributed by atoms with Gasteiger partial charge < -0.3 is 5.32 Å². The lowest BCUT2D eigenvalue weighted by molar-refractivity contribution is 0.452. The number of fused-ring (bicyclic) bond motifs is 1. The van der Waals surface area contributed by atoms with Crippen molar-refractivity contribution in [3.63, 3.8) is 0 Å². The zero-order valence-corrected chi connectivity index (χ0v) is 12.9. The van der Waals surface area contributed by atoms with E-state index in [0.717, 1.165) is 24.5 Å². The third kappa shape index (κ3) is 4.18. The fourth-order valence-corrected chi connectivity index (χ4v) is 3.25. The van der Waals surface area contributed by atoms with Crippen molar-refractivity contribution in [3.8, 4) is 0 Å². The maximum absolute atomic E-state index is 4.77. The number of hydrogen-bond acceptors (Lipinski definition) is 4. The Morgan fingerprint density at radius 3 is 3.05 bits per heavy atom. The van der Waals surface area contributed by atoms with Crippen LogP contribution in [0, 0.1) is 0 Å². The van der Waals surface area contributed by atoms with E-state index in [4.69, 9.17) is 4.98 Å². The zero-order valence-electron chi connectivity index (χ0n) is 12.1. The van der Waals surface area contributed by atoms with Crippen LogP contribution in [0.15, 0.2) is 6.20 Å². The Kier molecular flexibility index (Phi) is 6.11. The van der Waals surface area contributed by atoms with Crippen LogP contribution in [0.1, 0.15) is 62.7 Å². The van der Waals surface area contributed by atoms with Crippen molar-refractivity contribution in [1.82, 2.24) is 15.3 Å². The molecule has 1 N–H and O–H groups in total. The molecule has 1 atom stereocenters. The van der Waals surface area contributed by atoms with Gasteiger partial charge in [0, 0.05) is 23.5 Å². The van der Waals surface area contributed by atoms with Crippen molar-refractivity contribution < 1.29 is 0 Å². The van der Waals surface area contributed by atoms with E-state index in [1.54, 1.807) is 0 Å². The Hall–Kier alpha value is -0.610. The molecule has 4 heteroatoms. The molecule has 1 aromatic rings. The molecule has 2 rings (SSSR count). The second kappa shape index (κ2) is 7.85. The molecule has 0 bridgehead atoms. The molecule has 1 aliphatic carbocycles. The summed E-state index contributed by atoms with van der Waals surface area (Å²) in [7, 11) is 0. The normalized spacial score (nSPS) is 18.3. The minimum Gasteiger partial charge on any atom is -0.310 e. The Bertz CT molecular complexity index is 395. The van der Waals surface area contributed by atoms with Crippen LogP contribution in [0.4, 0.5) is 0 Å². The Labute approximate surface area is 121 Å². The van der Waals surface area contributed by atoms with Gasteiger partial charge in [-0.2, -0.15) is 11.8 Å². The zero-order chi connectivity index (χ0) is 13.5. The molecule has 1 heterocycles. The second-order valence-corrected chi connectivity index (χ2v) is 6.24. The predicted octanol–water partition coefficient (Wildman–Crippen LogP) is 3.50. The second-order valence-electron chi connectivity index (χ2n) is 5.14. The van der Waals surface area contributed by atoms with Gasteiger partial charge in [0.15, 0.2) is 0 Å². The van der Waals surface area contributed by atoms with Crippen molar-refractivity contribution in [3.05, 3.63) is 23.3 Å². The number of hydrogen-bond donors (Lipinski definition) is 1. The van der Waals surface area contributed by atoms with Gasteiger partial charge in [0.2, 0.25) is 0 Å². The first-order valence-corrected chi connectivity index (χ1v) is 8.66. The van der Waals surface area contributed by atoms with Crippen LogP contribution in [0.5, 0.6) is 0 Å². The Morgan fingerprint density at radius 2 is 2.26 bits per heavy atom. The topological polar surface area (TPSA) is 37.8 Å². The van der Waals surface area contributed by atoms with Gasteiger partial charge in [-0.15, -0.1) is 0 Å². The summed E-state index contributed by atoms with van der Waals surface area (Å²) in [6.45, 7) is 5.50. The fourth-order valence-electron chi connectivity index (χ4n) is 2.50. The summed E-state index contributed by atoms with van der Waals surface area (Å²) in [5.41, 5.74) is 2.62. The van der Waals surface area contributed by atoms with Crippen molar-refractivity contribution in [2.45, 2.75) is 57.7 Å². The molecule has 1 aromatic heterocycles. The lowest BCUT2D eigenvalue weighted by Crippen LogP contribution is -2.27. The van der Waals surface area contributed by atoms with Gasteiger partial charge in [0.25, 0.3) is 0 Å². The summed E-state index contributed by atoms with van der Waals surface area (Å²) in [6, 6.07) is 0.473. The molecule has 1 unspecified atom stereocenters. The summed E-state index contributed by atoms with van der Waals surface area (Å²) in [6.07, 6.45) is 8.05. The first kappa shape index (κ1) is 14.8. The Balaban J connectivity index is 2.02. The number of aryl methyl sites for hydroxylation is 1. The minimum atomic E-state index is 0.473. The third-order valence-electron chi connectivity index (χ3n) is 3.45. The molecule has 3 nitrogen and oxygen atoms in total. The maximum atomic E-state index is 4.77. The van der Waals surface area contributed by atoms with Crippen LogP contribution in [0.25, 0.3) is 0 Å². The van der Waals surface area contributed by atoms with E-state index in [9.17, 15) is 0 Å². The summed E-state index contributed by atoms with van der Waals surface area (Å²) in [5.74, 6) is 3.16. The highest BCUT2D eigenvalue weighted by Crippen LogP contribution is 2.28. The summed E-state index contributed by atoms with van der Waals surface area (Å²) < 4.78 is 0. The van der Waals surface area contributed by atoms with Gasteiger partial charge in [0.05, 0.1) is 5.75 Å². The lowest BCUT2D eigenvalue weighted by atomic mass is 9.92. The van der Waals surface area contributed by atoms with E-state index in [0.29, 0.717) is 6.04 Å². The molecule has 0 aliphatic heterocycles. The Morgan fingerprint density at radius 1 is 1.37 bits per heavy atom. The summed E-state index contributed by atoms with van der Waals surface area (Å²) in [4.78, 5) is 9.32. The predicted molar refractivity (Wildman–Crippen MR) is 82.5 cm³/mol. The van der Waals surface area contributed by atoms with Gasteiger partial charge in [-0.1, -0.05) is 13.8 Å². The molecule has 0 spiro atoms. The number of rotatable bonds is 7. The van der Waals surface area contributed by atoms with E-state index in [1.807, 2.05) is 11.8 Å². The van der Waals surface area contributed by atoms with Crippen LogP contribution in [-0.2, 0) is 12.2 Å². The minimum absolute atomic E-state index is 0.473. The van der Waals surface area contributed by atoms with E-state index < -0.39 is 0 Å². The molecule has 0 radical (unpaired) electrons. The van der Waals surface area contributed by atoms with Crippen LogP contribution in [0.3, 0.4) is 0 Å². The van der Waals surface area contributed by atoms with Gasteiger partial charge in [-0.25, -0.2) is 9.97 Å². The van der Waals surface area contributed by atoms with Crippen LogP contribution >= 0.6 is 11.8 Å². The third-order valence-corrected chi connectivity index (χ3v) is 4.61. The van der Waals surface area contributed by atoms with Crippen LogP contribution in [-0.4, -0.2) is 22.3 Å². The van der Waals surface area contributed by atoms with E-state index in [2.05, 4.69) is 30.3 Å². The summed E-state index contributed by atoms with van der Waals surface area (Å²) in [5, 5.41) is 3.61. The highest BCUT2D eigenvalue weighted by molar-refractivity contribution is 7.98. The van der Waals surface area contributed by atoms with Gasteiger partial charge in [0.1, 0.15) is 5.82 Å². The maximum Gasteiger partial charge on any atom is 0.138 e. The van der Waals surface area contributed by atoms with Gasteiger partial charge in [-0.05, 0) is 44.4 Å². The van der Waals surface area contributed by atoms with E-state index in [-0.39, 0.29) is 0 Å². The molecule has 0 amide bonds. The number of thioether (sulfide) groups is 1. The van der Waals surface area contributed by atoms with Crippen molar-refractivity contribution in [2.24, 2.45) is 0 Å². The molecule has 0 fully saturated rings. The largest absolute Gasteiger partial charge is 0.310 e. The molecular formula is C15H25N3S. The summed E-state index contributed by atoms with van der Waals surface area (Å²) >= 11 is 1.93. The standard InChI is InChI=1S/C15H25N3S/c1-3-8-16-13-6-5-7-14-12(13)10-17-15(18-14)11-19-9-4-2/h10,13,16H,3-9,11H2,1-2H3. The smallest absolute Gasteiger partial charge is 0.138 e. The SMILES string of the molecule is CCCNC1CCCc2nc(CSCCC)ncc21. The highest BCUT2D eigenvalue weighted by Gasteiger charge is 2.21. The van der Waals surface area contributed by atoms with E-state index >= 15 is 0 Å². The highest BCUT2D eigenvalue weighted by atomic mass is 32.2. The molecule has 19 heavy (non-hydrogen) atoms.